The zero-order chi connectivity index (χ0) is 23.7. The lowest BCUT2D eigenvalue weighted by molar-refractivity contribution is -0.120. The Morgan fingerprint density at radius 3 is 2.82 bits per heavy atom. The Kier molecular flexibility index (Phi) is 6.34. The van der Waals surface area contributed by atoms with Gasteiger partial charge in [0.1, 0.15) is 10.5 Å². The summed E-state index contributed by atoms with van der Waals surface area (Å²) in [5.74, 6) is -0.147. The van der Waals surface area contributed by atoms with Crippen LogP contribution in [0.15, 0.2) is 64.8 Å². The minimum atomic E-state index is -0.326. The van der Waals surface area contributed by atoms with E-state index in [-0.39, 0.29) is 29.7 Å². The van der Waals surface area contributed by atoms with Gasteiger partial charge in [0.05, 0.1) is 18.0 Å². The quantitative estimate of drug-likeness (QED) is 0.415. The molecule has 1 amide bonds. The van der Waals surface area contributed by atoms with E-state index >= 15 is 0 Å². The molecule has 4 aromatic rings. The summed E-state index contributed by atoms with van der Waals surface area (Å²) < 4.78 is 15.6. The van der Waals surface area contributed by atoms with Crippen molar-refractivity contribution in [1.82, 2.24) is 9.55 Å². The Morgan fingerprint density at radius 1 is 1.21 bits per heavy atom. The number of halogens is 2. The monoisotopic (exact) mass is 496 g/mol. The molecule has 9 heteroatoms. The third-order valence-corrected chi connectivity index (χ3v) is 7.09. The Labute approximate surface area is 204 Å². The number of benzene rings is 2. The molecule has 5 rings (SSSR count). The van der Waals surface area contributed by atoms with Gasteiger partial charge in [-0.05, 0) is 60.2 Å². The van der Waals surface area contributed by atoms with E-state index in [4.69, 9.17) is 16.6 Å². The summed E-state index contributed by atoms with van der Waals surface area (Å²) in [7, 11) is 0. The fourth-order valence-corrected chi connectivity index (χ4v) is 5.24. The summed E-state index contributed by atoms with van der Waals surface area (Å²) in [6.07, 6.45) is 1.54. The number of thiophene rings is 1. The number of fused-ring (bicyclic) bond motifs is 1. The lowest BCUT2D eigenvalue weighted by atomic mass is 9.97. The van der Waals surface area contributed by atoms with Gasteiger partial charge in [0, 0.05) is 23.8 Å². The first kappa shape index (κ1) is 22.6. The molecule has 3 heterocycles. The van der Waals surface area contributed by atoms with Crippen LogP contribution in [0.2, 0.25) is 5.02 Å². The smallest absolute Gasteiger partial charge is 0.273 e. The summed E-state index contributed by atoms with van der Waals surface area (Å²) >= 11 is 7.40. The van der Waals surface area contributed by atoms with Crippen molar-refractivity contribution in [3.63, 3.8) is 0 Å². The molecule has 1 unspecified atom stereocenters. The number of rotatable bonds is 5. The van der Waals surface area contributed by atoms with Gasteiger partial charge in [-0.1, -0.05) is 29.8 Å². The molecule has 34 heavy (non-hydrogen) atoms. The Hall–Kier alpha value is -3.23. The lowest BCUT2D eigenvalue weighted by Crippen LogP contribution is -2.43. The number of anilines is 2. The van der Waals surface area contributed by atoms with E-state index in [0.717, 1.165) is 18.4 Å². The van der Waals surface area contributed by atoms with Gasteiger partial charge < -0.3 is 10.2 Å². The summed E-state index contributed by atoms with van der Waals surface area (Å²) in [5, 5.41) is 5.35. The normalized spacial score (nSPS) is 16.1. The highest BCUT2D eigenvalue weighted by Gasteiger charge is 2.29. The number of amides is 1. The summed E-state index contributed by atoms with van der Waals surface area (Å²) in [4.78, 5) is 33.2. The molecular formula is C25H22ClFN4O2S. The van der Waals surface area contributed by atoms with E-state index in [1.54, 1.807) is 41.0 Å². The fourth-order valence-electron chi connectivity index (χ4n) is 4.27. The fraction of sp³-hybridized carbons (Fsp3) is 0.240. The third kappa shape index (κ3) is 4.69. The molecule has 0 aliphatic carbocycles. The first-order valence-electron chi connectivity index (χ1n) is 11.0. The zero-order valence-electron chi connectivity index (χ0n) is 18.2. The topological polar surface area (TPSA) is 67.2 Å². The molecule has 174 valence electrons. The van der Waals surface area contributed by atoms with E-state index in [9.17, 15) is 14.0 Å². The van der Waals surface area contributed by atoms with Crippen LogP contribution in [0.3, 0.4) is 0 Å². The van der Waals surface area contributed by atoms with E-state index in [1.165, 1.54) is 23.5 Å². The van der Waals surface area contributed by atoms with Gasteiger partial charge in [0.25, 0.3) is 5.56 Å². The molecule has 2 aromatic heterocycles. The number of piperidine rings is 1. The van der Waals surface area contributed by atoms with Gasteiger partial charge in [-0.2, -0.15) is 0 Å². The third-order valence-electron chi connectivity index (χ3n) is 5.97. The molecule has 1 saturated heterocycles. The second-order valence-corrected chi connectivity index (χ2v) is 9.70. The average Bonchev–Trinajstić information content (AvgIpc) is 3.31. The minimum absolute atomic E-state index is 0.0870. The van der Waals surface area contributed by atoms with Crippen LogP contribution in [-0.2, 0) is 11.3 Å². The van der Waals surface area contributed by atoms with Crippen molar-refractivity contribution in [2.75, 3.05) is 23.3 Å². The molecular weight excluding hydrogens is 475 g/mol. The van der Waals surface area contributed by atoms with E-state index in [0.29, 0.717) is 40.0 Å². The van der Waals surface area contributed by atoms with Crippen molar-refractivity contribution in [1.29, 1.82) is 0 Å². The maximum atomic E-state index is 13.4. The molecule has 0 saturated carbocycles. The number of carbonyl (C=O) groups is 1. The molecule has 1 aliphatic heterocycles. The molecule has 0 bridgehead atoms. The van der Waals surface area contributed by atoms with Gasteiger partial charge in [-0.3, -0.25) is 14.2 Å². The van der Waals surface area contributed by atoms with E-state index in [1.807, 2.05) is 16.3 Å². The lowest BCUT2D eigenvalue weighted by Gasteiger charge is -2.34. The van der Waals surface area contributed by atoms with Crippen molar-refractivity contribution < 1.29 is 9.18 Å². The SMILES string of the molecule is O=C(Nc1cccc(Cl)c1)C1CCCN(c2nc3ccsc3c(=O)n2Cc2ccc(F)cc2)C1. The van der Waals surface area contributed by atoms with Gasteiger partial charge in [-0.15, -0.1) is 11.3 Å². The van der Waals surface area contributed by atoms with Crippen LogP contribution in [0.5, 0.6) is 0 Å². The first-order chi connectivity index (χ1) is 16.5. The van der Waals surface area contributed by atoms with Crippen molar-refractivity contribution >= 4 is 50.7 Å². The van der Waals surface area contributed by atoms with E-state index in [2.05, 4.69) is 5.32 Å². The van der Waals surface area contributed by atoms with Crippen LogP contribution in [-0.4, -0.2) is 28.5 Å². The molecule has 2 aromatic carbocycles. The molecule has 1 aliphatic rings. The average molecular weight is 497 g/mol. The zero-order valence-corrected chi connectivity index (χ0v) is 19.8. The maximum absolute atomic E-state index is 13.4. The predicted octanol–water partition coefficient (Wildman–Crippen LogP) is 5.15. The molecule has 1 fully saturated rings. The molecule has 0 radical (unpaired) electrons. The van der Waals surface area contributed by atoms with Crippen LogP contribution < -0.4 is 15.8 Å². The molecule has 6 nitrogen and oxygen atoms in total. The Bertz CT molecular complexity index is 1400. The van der Waals surface area contributed by atoms with Crippen LogP contribution in [0.4, 0.5) is 16.0 Å². The van der Waals surface area contributed by atoms with Gasteiger partial charge in [-0.25, -0.2) is 9.37 Å². The molecule has 0 spiro atoms. The highest BCUT2D eigenvalue weighted by molar-refractivity contribution is 7.17. The summed E-state index contributed by atoms with van der Waals surface area (Å²) in [5.41, 5.74) is 1.96. The second-order valence-electron chi connectivity index (χ2n) is 8.35. The van der Waals surface area contributed by atoms with Crippen molar-refractivity contribution in [2.45, 2.75) is 19.4 Å². The largest absolute Gasteiger partial charge is 0.341 e. The minimum Gasteiger partial charge on any atom is -0.341 e. The maximum Gasteiger partial charge on any atom is 0.273 e. The van der Waals surface area contributed by atoms with Crippen molar-refractivity contribution in [3.05, 3.63) is 86.7 Å². The van der Waals surface area contributed by atoms with Gasteiger partial charge >= 0.3 is 0 Å². The summed E-state index contributed by atoms with van der Waals surface area (Å²) in [6, 6.07) is 15.0. The number of hydrogen-bond donors (Lipinski definition) is 1. The van der Waals surface area contributed by atoms with Crippen molar-refractivity contribution in [2.24, 2.45) is 5.92 Å². The van der Waals surface area contributed by atoms with Gasteiger partial charge in [0.15, 0.2) is 0 Å². The van der Waals surface area contributed by atoms with Crippen LogP contribution >= 0.6 is 22.9 Å². The highest BCUT2D eigenvalue weighted by atomic mass is 35.5. The van der Waals surface area contributed by atoms with E-state index < -0.39 is 0 Å². The highest BCUT2D eigenvalue weighted by Crippen LogP contribution is 2.26. The van der Waals surface area contributed by atoms with Crippen molar-refractivity contribution in [3.8, 4) is 0 Å². The Morgan fingerprint density at radius 2 is 2.03 bits per heavy atom. The standard InChI is InChI=1S/C25H22ClFN4O2S/c26-18-4-1-5-20(13-18)28-23(32)17-3-2-11-30(15-17)25-29-21-10-12-34-22(21)24(33)31(25)14-16-6-8-19(27)9-7-16/h1,4-10,12-13,17H,2-3,11,14-15H2,(H,28,32). The summed E-state index contributed by atoms with van der Waals surface area (Å²) in [6.45, 7) is 1.40. The van der Waals surface area contributed by atoms with Crippen LogP contribution in [0, 0.1) is 11.7 Å². The van der Waals surface area contributed by atoms with Gasteiger partial charge in [0.2, 0.25) is 11.9 Å². The number of aromatic nitrogens is 2. The number of hydrogen-bond acceptors (Lipinski definition) is 5. The number of nitrogens with zero attached hydrogens (tertiary/aromatic N) is 3. The second kappa shape index (κ2) is 9.56. The molecule has 1 N–H and O–H groups in total. The predicted molar refractivity (Wildman–Crippen MR) is 134 cm³/mol. The van der Waals surface area contributed by atoms with Crippen LogP contribution in [0.1, 0.15) is 18.4 Å². The molecule has 1 atom stereocenters. The number of carbonyl (C=O) groups excluding carboxylic acids is 1. The van der Waals surface area contributed by atoms with Crippen LogP contribution in [0.25, 0.3) is 10.2 Å². The number of nitrogens with one attached hydrogen (secondary N) is 1. The Balaban J connectivity index is 1.44. The first-order valence-corrected chi connectivity index (χ1v) is 12.3.